The number of anilines is 1. The summed E-state index contributed by atoms with van der Waals surface area (Å²) in [7, 11) is 1.62. The number of nitro benzene ring substituents is 1. The molecule has 0 bridgehead atoms. The van der Waals surface area contributed by atoms with Gasteiger partial charge in [0.25, 0.3) is 11.6 Å². The minimum atomic E-state index is -0.912. The van der Waals surface area contributed by atoms with Gasteiger partial charge < -0.3 is 9.64 Å². The lowest BCUT2D eigenvalue weighted by molar-refractivity contribution is -0.384. The van der Waals surface area contributed by atoms with Gasteiger partial charge in [0.1, 0.15) is 0 Å². The Morgan fingerprint density at radius 2 is 1.77 bits per heavy atom. The van der Waals surface area contributed by atoms with Gasteiger partial charge in [-0.3, -0.25) is 19.7 Å². The summed E-state index contributed by atoms with van der Waals surface area (Å²) in [6.07, 6.45) is -0.912. The topological polar surface area (TPSA) is 89.7 Å². The van der Waals surface area contributed by atoms with Crippen LogP contribution in [0.5, 0.6) is 0 Å². The molecule has 0 radical (unpaired) electrons. The van der Waals surface area contributed by atoms with E-state index in [0.29, 0.717) is 10.6 Å². The maximum Gasteiger partial charge on any atom is 0.317 e. The van der Waals surface area contributed by atoms with E-state index in [0.717, 1.165) is 0 Å². The highest BCUT2D eigenvalue weighted by molar-refractivity contribution is 8.00. The number of carbonyl (C=O) groups excluding carboxylic acids is 2. The monoisotopic (exact) mass is 374 g/mol. The van der Waals surface area contributed by atoms with Crippen molar-refractivity contribution in [1.29, 1.82) is 0 Å². The van der Waals surface area contributed by atoms with Gasteiger partial charge in [0, 0.05) is 29.8 Å². The predicted octanol–water partition coefficient (Wildman–Crippen LogP) is 3.28. The largest absolute Gasteiger partial charge is 0.452 e. The molecule has 0 saturated carbocycles. The molecule has 1 amide bonds. The number of carbonyl (C=O) groups is 2. The number of para-hydroxylation sites is 1. The van der Waals surface area contributed by atoms with Crippen LogP contribution in [0.2, 0.25) is 0 Å². The maximum atomic E-state index is 12.3. The number of hydrogen-bond donors (Lipinski definition) is 0. The first-order chi connectivity index (χ1) is 12.4. The van der Waals surface area contributed by atoms with Crippen LogP contribution in [-0.4, -0.2) is 35.7 Å². The molecular formula is C18H18N2O5S. The standard InChI is InChI=1S/C18H18N2O5S/c1-13(18(22)19(2)14-6-4-3-5-7-14)25-17(21)12-26-16-10-8-15(9-11-16)20(23)24/h3-11,13H,12H2,1-2H3/t13-/m1/s1. The molecule has 0 aliphatic heterocycles. The van der Waals surface area contributed by atoms with Crippen molar-refractivity contribution in [3.05, 3.63) is 64.7 Å². The predicted molar refractivity (Wildman–Crippen MR) is 99.2 cm³/mol. The van der Waals surface area contributed by atoms with Gasteiger partial charge in [-0.15, -0.1) is 11.8 Å². The van der Waals surface area contributed by atoms with E-state index in [1.165, 1.54) is 35.7 Å². The molecule has 0 aliphatic rings. The van der Waals surface area contributed by atoms with Gasteiger partial charge in [-0.25, -0.2) is 0 Å². The second-order valence-electron chi connectivity index (χ2n) is 5.40. The van der Waals surface area contributed by atoms with Gasteiger partial charge in [-0.1, -0.05) is 18.2 Å². The van der Waals surface area contributed by atoms with Crippen molar-refractivity contribution < 1.29 is 19.2 Å². The zero-order chi connectivity index (χ0) is 19.1. The number of non-ortho nitro benzene ring substituents is 1. The fraction of sp³-hybridized carbons (Fsp3) is 0.222. The molecule has 7 nitrogen and oxygen atoms in total. The molecule has 0 heterocycles. The van der Waals surface area contributed by atoms with Gasteiger partial charge in [-0.2, -0.15) is 0 Å². The first-order valence-electron chi connectivity index (χ1n) is 7.78. The normalized spacial score (nSPS) is 11.5. The average Bonchev–Trinajstić information content (AvgIpc) is 2.66. The number of esters is 1. The van der Waals surface area contributed by atoms with Crippen molar-refractivity contribution in [2.45, 2.75) is 17.9 Å². The van der Waals surface area contributed by atoms with Gasteiger partial charge >= 0.3 is 5.97 Å². The van der Waals surface area contributed by atoms with Crippen LogP contribution in [-0.2, 0) is 14.3 Å². The Balaban J connectivity index is 1.84. The zero-order valence-corrected chi connectivity index (χ0v) is 15.1. The summed E-state index contributed by atoms with van der Waals surface area (Å²) >= 11 is 1.19. The zero-order valence-electron chi connectivity index (χ0n) is 14.3. The quantitative estimate of drug-likeness (QED) is 0.320. The Morgan fingerprint density at radius 3 is 2.35 bits per heavy atom. The van der Waals surface area contributed by atoms with Crippen LogP contribution in [0.1, 0.15) is 6.92 Å². The number of likely N-dealkylation sites (N-methyl/N-ethyl adjacent to an activating group) is 1. The van der Waals surface area contributed by atoms with E-state index in [1.807, 2.05) is 18.2 Å². The van der Waals surface area contributed by atoms with E-state index >= 15 is 0 Å². The van der Waals surface area contributed by atoms with E-state index < -0.39 is 17.0 Å². The number of benzene rings is 2. The molecular weight excluding hydrogens is 356 g/mol. The molecule has 0 N–H and O–H groups in total. The van der Waals surface area contributed by atoms with E-state index in [9.17, 15) is 19.7 Å². The van der Waals surface area contributed by atoms with Gasteiger partial charge in [0.2, 0.25) is 0 Å². The first-order valence-corrected chi connectivity index (χ1v) is 8.76. The van der Waals surface area contributed by atoms with E-state index in [1.54, 1.807) is 31.3 Å². The lowest BCUT2D eigenvalue weighted by Gasteiger charge is -2.21. The van der Waals surface area contributed by atoms with E-state index in [4.69, 9.17) is 4.74 Å². The van der Waals surface area contributed by atoms with Gasteiger partial charge in [-0.05, 0) is 31.2 Å². The Labute approximate surface area is 155 Å². The van der Waals surface area contributed by atoms with Crippen LogP contribution in [0.25, 0.3) is 0 Å². The molecule has 0 spiro atoms. The summed E-state index contributed by atoms with van der Waals surface area (Å²) in [5, 5.41) is 10.6. The van der Waals surface area contributed by atoms with Gasteiger partial charge in [0.15, 0.2) is 6.10 Å². The third-order valence-electron chi connectivity index (χ3n) is 3.53. The Hall–Kier alpha value is -2.87. The summed E-state index contributed by atoms with van der Waals surface area (Å²) in [5.41, 5.74) is 0.695. The Kier molecular flexibility index (Phi) is 6.74. The van der Waals surface area contributed by atoms with Crippen LogP contribution in [0.15, 0.2) is 59.5 Å². The van der Waals surface area contributed by atoms with E-state index in [2.05, 4.69) is 0 Å². The molecule has 0 saturated heterocycles. The molecule has 0 unspecified atom stereocenters. The summed E-state index contributed by atoms with van der Waals surface area (Å²) in [6.45, 7) is 1.52. The minimum absolute atomic E-state index is 0.00445. The van der Waals surface area contributed by atoms with Gasteiger partial charge in [0.05, 0.1) is 10.7 Å². The van der Waals surface area contributed by atoms with Crippen molar-refractivity contribution in [2.75, 3.05) is 17.7 Å². The average molecular weight is 374 g/mol. The van der Waals surface area contributed by atoms with Crippen LogP contribution < -0.4 is 4.90 Å². The highest BCUT2D eigenvalue weighted by Gasteiger charge is 2.22. The highest BCUT2D eigenvalue weighted by atomic mass is 32.2. The van der Waals surface area contributed by atoms with Crippen molar-refractivity contribution in [3.8, 4) is 0 Å². The van der Waals surface area contributed by atoms with Crippen molar-refractivity contribution in [3.63, 3.8) is 0 Å². The molecule has 2 aromatic carbocycles. The fourth-order valence-electron chi connectivity index (χ4n) is 2.14. The summed E-state index contributed by atoms with van der Waals surface area (Å²) < 4.78 is 5.18. The molecule has 0 fully saturated rings. The number of amides is 1. The number of hydrogen-bond acceptors (Lipinski definition) is 6. The summed E-state index contributed by atoms with van der Waals surface area (Å²) in [6, 6.07) is 14.9. The molecule has 1 atom stereocenters. The first kappa shape index (κ1) is 19.5. The maximum absolute atomic E-state index is 12.3. The van der Waals surface area contributed by atoms with Crippen LogP contribution >= 0.6 is 11.8 Å². The Morgan fingerprint density at radius 1 is 1.15 bits per heavy atom. The summed E-state index contributed by atoms with van der Waals surface area (Å²) in [4.78, 5) is 36.5. The number of nitro groups is 1. The SMILES string of the molecule is C[C@@H](OC(=O)CSc1ccc([N+](=O)[O-])cc1)C(=O)N(C)c1ccccc1. The molecule has 0 aliphatic carbocycles. The van der Waals surface area contributed by atoms with Crippen LogP contribution in [0, 0.1) is 10.1 Å². The molecule has 0 aromatic heterocycles. The molecule has 136 valence electrons. The number of nitrogens with zero attached hydrogens (tertiary/aromatic N) is 2. The lowest BCUT2D eigenvalue weighted by Crippen LogP contribution is -2.37. The fourth-order valence-corrected chi connectivity index (χ4v) is 2.82. The molecule has 2 rings (SSSR count). The smallest absolute Gasteiger partial charge is 0.317 e. The lowest BCUT2D eigenvalue weighted by atomic mass is 10.2. The van der Waals surface area contributed by atoms with Crippen molar-refractivity contribution in [1.82, 2.24) is 0 Å². The highest BCUT2D eigenvalue weighted by Crippen LogP contribution is 2.21. The van der Waals surface area contributed by atoms with Crippen LogP contribution in [0.3, 0.4) is 0 Å². The van der Waals surface area contributed by atoms with E-state index in [-0.39, 0.29) is 17.3 Å². The van der Waals surface area contributed by atoms with Crippen molar-refractivity contribution >= 4 is 35.0 Å². The Bertz CT molecular complexity index is 780. The van der Waals surface area contributed by atoms with Crippen LogP contribution in [0.4, 0.5) is 11.4 Å². The third kappa shape index (κ3) is 5.32. The molecule has 26 heavy (non-hydrogen) atoms. The number of rotatable bonds is 7. The molecule has 8 heteroatoms. The second-order valence-corrected chi connectivity index (χ2v) is 6.45. The number of ether oxygens (including phenoxy) is 1. The number of thioether (sulfide) groups is 1. The minimum Gasteiger partial charge on any atom is -0.452 e. The van der Waals surface area contributed by atoms with Crippen molar-refractivity contribution in [2.24, 2.45) is 0 Å². The second kappa shape index (κ2) is 9.00. The third-order valence-corrected chi connectivity index (χ3v) is 4.52. The molecule has 2 aromatic rings. The summed E-state index contributed by atoms with van der Waals surface area (Å²) in [5.74, 6) is -0.856.